The fourth-order valence-electron chi connectivity index (χ4n) is 3.39. The van der Waals surface area contributed by atoms with Gasteiger partial charge in [0.05, 0.1) is 24.9 Å². The summed E-state index contributed by atoms with van der Waals surface area (Å²) in [5.41, 5.74) is 0. The topological polar surface area (TPSA) is 30.5 Å². The van der Waals surface area contributed by atoms with Gasteiger partial charge in [0.15, 0.2) is 0 Å². The van der Waals surface area contributed by atoms with E-state index >= 15 is 0 Å². The zero-order chi connectivity index (χ0) is 13.8. The van der Waals surface area contributed by atoms with Gasteiger partial charge in [-0.2, -0.15) is 0 Å². The SMILES string of the molecule is CCCNC(C1=CCCCO1)C1C(C)OC(C)C1C. The van der Waals surface area contributed by atoms with E-state index in [4.69, 9.17) is 9.47 Å². The number of hydrogen-bond acceptors (Lipinski definition) is 3. The Labute approximate surface area is 117 Å². The quantitative estimate of drug-likeness (QED) is 0.830. The van der Waals surface area contributed by atoms with Crippen LogP contribution >= 0.6 is 0 Å². The van der Waals surface area contributed by atoms with Gasteiger partial charge in [-0.3, -0.25) is 0 Å². The van der Waals surface area contributed by atoms with Gasteiger partial charge >= 0.3 is 0 Å². The van der Waals surface area contributed by atoms with Crippen LogP contribution in [0.15, 0.2) is 11.8 Å². The van der Waals surface area contributed by atoms with Gasteiger partial charge in [-0.15, -0.1) is 0 Å². The van der Waals surface area contributed by atoms with Gasteiger partial charge in [0, 0.05) is 5.92 Å². The van der Waals surface area contributed by atoms with Crippen molar-refractivity contribution in [2.45, 2.75) is 65.2 Å². The standard InChI is InChI=1S/C16H29NO2/c1-5-9-17-16(14-8-6-7-10-18-14)15-11(2)12(3)19-13(15)4/h8,11-13,15-17H,5-7,9-10H2,1-4H3. The van der Waals surface area contributed by atoms with Crippen molar-refractivity contribution in [2.24, 2.45) is 11.8 Å². The van der Waals surface area contributed by atoms with Crippen molar-refractivity contribution in [2.75, 3.05) is 13.2 Å². The molecule has 0 aliphatic carbocycles. The lowest BCUT2D eigenvalue weighted by atomic mass is 9.82. The molecule has 19 heavy (non-hydrogen) atoms. The molecule has 0 radical (unpaired) electrons. The van der Waals surface area contributed by atoms with Gasteiger partial charge in [-0.1, -0.05) is 13.8 Å². The Morgan fingerprint density at radius 2 is 2.11 bits per heavy atom. The summed E-state index contributed by atoms with van der Waals surface area (Å²) < 4.78 is 11.9. The van der Waals surface area contributed by atoms with E-state index in [-0.39, 0.29) is 0 Å². The van der Waals surface area contributed by atoms with E-state index in [0.717, 1.165) is 38.2 Å². The molecule has 1 saturated heterocycles. The lowest BCUT2D eigenvalue weighted by molar-refractivity contribution is 0.0449. The molecule has 110 valence electrons. The first-order valence-electron chi connectivity index (χ1n) is 7.86. The molecular weight excluding hydrogens is 238 g/mol. The van der Waals surface area contributed by atoms with Crippen LogP contribution in [0.5, 0.6) is 0 Å². The van der Waals surface area contributed by atoms with Crippen molar-refractivity contribution in [1.82, 2.24) is 5.32 Å². The van der Waals surface area contributed by atoms with Crippen molar-refractivity contribution < 1.29 is 9.47 Å². The number of rotatable bonds is 5. The van der Waals surface area contributed by atoms with Crippen LogP contribution in [-0.2, 0) is 9.47 Å². The third-order valence-electron chi connectivity index (χ3n) is 4.59. The molecule has 5 atom stereocenters. The molecule has 2 aliphatic heterocycles. The van der Waals surface area contributed by atoms with Crippen LogP contribution in [0, 0.1) is 11.8 Å². The molecule has 0 saturated carbocycles. The van der Waals surface area contributed by atoms with E-state index < -0.39 is 0 Å². The smallest absolute Gasteiger partial charge is 0.109 e. The molecular formula is C16H29NO2. The molecule has 0 aromatic carbocycles. The zero-order valence-corrected chi connectivity index (χ0v) is 12.8. The lowest BCUT2D eigenvalue weighted by Crippen LogP contribution is -2.44. The summed E-state index contributed by atoms with van der Waals surface area (Å²) in [5, 5.41) is 3.69. The number of hydrogen-bond donors (Lipinski definition) is 1. The van der Waals surface area contributed by atoms with E-state index in [1.165, 1.54) is 0 Å². The highest BCUT2D eigenvalue weighted by atomic mass is 16.5. The van der Waals surface area contributed by atoms with Crippen molar-refractivity contribution in [3.05, 3.63) is 11.8 Å². The minimum absolute atomic E-state index is 0.297. The second kappa shape index (κ2) is 6.76. The molecule has 2 rings (SSSR count). The molecule has 0 bridgehead atoms. The summed E-state index contributed by atoms with van der Waals surface area (Å²) in [6, 6.07) is 0.315. The minimum atomic E-state index is 0.297. The summed E-state index contributed by atoms with van der Waals surface area (Å²) in [5.74, 6) is 2.22. The maximum absolute atomic E-state index is 6.02. The van der Waals surface area contributed by atoms with Crippen LogP contribution < -0.4 is 5.32 Å². The average Bonchev–Trinajstić information content (AvgIpc) is 2.67. The van der Waals surface area contributed by atoms with E-state index in [9.17, 15) is 0 Å². The van der Waals surface area contributed by atoms with Crippen molar-refractivity contribution >= 4 is 0 Å². The molecule has 1 fully saturated rings. The van der Waals surface area contributed by atoms with Crippen LogP contribution in [0.3, 0.4) is 0 Å². The van der Waals surface area contributed by atoms with Crippen LogP contribution in [0.2, 0.25) is 0 Å². The lowest BCUT2D eigenvalue weighted by Gasteiger charge is -2.33. The Kier molecular flexibility index (Phi) is 5.28. The molecule has 0 amide bonds. The van der Waals surface area contributed by atoms with E-state index in [2.05, 4.69) is 39.1 Å². The van der Waals surface area contributed by atoms with E-state index in [0.29, 0.717) is 30.1 Å². The second-order valence-corrected chi connectivity index (χ2v) is 6.01. The highest BCUT2D eigenvalue weighted by Gasteiger charge is 2.43. The molecule has 5 unspecified atom stereocenters. The van der Waals surface area contributed by atoms with Crippen LogP contribution in [-0.4, -0.2) is 31.4 Å². The maximum atomic E-state index is 6.02. The van der Waals surface area contributed by atoms with Gasteiger partial charge in [0.2, 0.25) is 0 Å². The number of nitrogens with one attached hydrogen (secondary N) is 1. The van der Waals surface area contributed by atoms with Gasteiger partial charge in [0.25, 0.3) is 0 Å². The third-order valence-corrected chi connectivity index (χ3v) is 4.59. The van der Waals surface area contributed by atoms with Crippen LogP contribution in [0.25, 0.3) is 0 Å². The summed E-state index contributed by atoms with van der Waals surface area (Å²) in [6.07, 6.45) is 6.36. The van der Waals surface area contributed by atoms with E-state index in [1.54, 1.807) is 0 Å². The van der Waals surface area contributed by atoms with Crippen molar-refractivity contribution in [3.8, 4) is 0 Å². The minimum Gasteiger partial charge on any atom is -0.497 e. The fraction of sp³-hybridized carbons (Fsp3) is 0.875. The predicted octanol–water partition coefficient (Wildman–Crippen LogP) is 3.11. The molecule has 0 spiro atoms. The number of allylic oxidation sites excluding steroid dienone is 1. The molecule has 3 heteroatoms. The van der Waals surface area contributed by atoms with E-state index in [1.807, 2.05) is 0 Å². The highest BCUT2D eigenvalue weighted by molar-refractivity contribution is 5.11. The molecule has 0 aromatic rings. The first-order valence-corrected chi connectivity index (χ1v) is 7.86. The molecule has 2 heterocycles. The highest BCUT2D eigenvalue weighted by Crippen LogP contribution is 2.37. The number of ether oxygens (including phenoxy) is 2. The average molecular weight is 267 g/mol. The zero-order valence-electron chi connectivity index (χ0n) is 12.8. The Morgan fingerprint density at radius 1 is 1.32 bits per heavy atom. The van der Waals surface area contributed by atoms with Gasteiger partial charge < -0.3 is 14.8 Å². The predicted molar refractivity (Wildman–Crippen MR) is 78.0 cm³/mol. The normalized spacial score (nSPS) is 36.7. The Hall–Kier alpha value is -0.540. The first-order chi connectivity index (χ1) is 9.15. The summed E-state index contributed by atoms with van der Waals surface area (Å²) in [6.45, 7) is 10.8. The van der Waals surface area contributed by atoms with Crippen molar-refractivity contribution in [3.63, 3.8) is 0 Å². The maximum Gasteiger partial charge on any atom is 0.109 e. The summed E-state index contributed by atoms with van der Waals surface area (Å²) in [4.78, 5) is 0. The summed E-state index contributed by atoms with van der Waals surface area (Å²) >= 11 is 0. The first kappa shape index (κ1) is 14.9. The molecule has 0 aromatic heterocycles. The van der Waals surface area contributed by atoms with Crippen LogP contribution in [0.1, 0.15) is 47.0 Å². The largest absolute Gasteiger partial charge is 0.497 e. The molecule has 1 N–H and O–H groups in total. The fourth-order valence-corrected chi connectivity index (χ4v) is 3.39. The summed E-state index contributed by atoms with van der Waals surface area (Å²) in [7, 11) is 0. The van der Waals surface area contributed by atoms with Crippen molar-refractivity contribution in [1.29, 1.82) is 0 Å². The Balaban J connectivity index is 2.14. The van der Waals surface area contributed by atoms with Gasteiger partial charge in [-0.25, -0.2) is 0 Å². The Morgan fingerprint density at radius 3 is 2.63 bits per heavy atom. The second-order valence-electron chi connectivity index (χ2n) is 6.01. The Bertz CT molecular complexity index is 316. The molecule has 3 nitrogen and oxygen atoms in total. The van der Waals surface area contributed by atoms with Gasteiger partial charge in [-0.05, 0) is 51.6 Å². The monoisotopic (exact) mass is 267 g/mol. The third kappa shape index (κ3) is 3.32. The van der Waals surface area contributed by atoms with Gasteiger partial charge in [0.1, 0.15) is 5.76 Å². The van der Waals surface area contributed by atoms with Crippen LogP contribution in [0.4, 0.5) is 0 Å². The molecule has 2 aliphatic rings.